The maximum Gasteiger partial charge on any atom is 0.407 e. The van der Waals surface area contributed by atoms with E-state index >= 15 is 0 Å². The third-order valence-corrected chi connectivity index (χ3v) is 9.64. The molecule has 0 aliphatic carbocycles. The van der Waals surface area contributed by atoms with Crippen molar-refractivity contribution in [2.24, 2.45) is 7.05 Å². The number of carbonyl (C=O) groups is 1. The predicted molar refractivity (Wildman–Crippen MR) is 185 cm³/mol. The second-order valence-corrected chi connectivity index (χ2v) is 13.0. The summed E-state index contributed by atoms with van der Waals surface area (Å²) in [6.45, 7) is 4.81. The first-order valence-electron chi connectivity index (χ1n) is 15.8. The van der Waals surface area contributed by atoms with Crippen LogP contribution in [0.1, 0.15) is 36.6 Å². The fourth-order valence-electron chi connectivity index (χ4n) is 6.63. The van der Waals surface area contributed by atoms with E-state index in [1.165, 1.54) is 16.2 Å². The van der Waals surface area contributed by atoms with Crippen LogP contribution in [0.3, 0.4) is 0 Å². The Bertz CT molecular complexity index is 1870. The van der Waals surface area contributed by atoms with Crippen LogP contribution in [0.15, 0.2) is 88.3 Å². The van der Waals surface area contributed by atoms with Gasteiger partial charge in [-0.2, -0.15) is 5.10 Å². The normalized spacial score (nSPS) is 15.4. The van der Waals surface area contributed by atoms with E-state index < -0.39 is 6.09 Å². The van der Waals surface area contributed by atoms with Crippen LogP contribution in [0.5, 0.6) is 0 Å². The molecule has 3 aromatic carbocycles. The molecule has 1 saturated heterocycles. The number of hydrogen-bond acceptors (Lipinski definition) is 5. The number of para-hydroxylation sites is 2. The fraction of sp³-hybridized carbons (Fsp3) is 0.343. The Balaban J connectivity index is 0.000000221. The molecule has 1 fully saturated rings. The van der Waals surface area contributed by atoms with Crippen molar-refractivity contribution in [3.63, 3.8) is 0 Å². The van der Waals surface area contributed by atoms with Gasteiger partial charge in [0, 0.05) is 67.1 Å². The molecular weight excluding hydrogens is 646 g/mol. The van der Waals surface area contributed by atoms with Gasteiger partial charge in [-0.15, -0.1) is 0 Å². The van der Waals surface area contributed by atoms with Gasteiger partial charge in [-0.25, -0.2) is 9.59 Å². The van der Waals surface area contributed by atoms with E-state index in [2.05, 4.69) is 48.8 Å². The summed E-state index contributed by atoms with van der Waals surface area (Å²) in [7, 11) is 1.85. The second kappa shape index (κ2) is 14.0. The minimum Gasteiger partial charge on any atom is -0.465 e. The van der Waals surface area contributed by atoms with Crippen molar-refractivity contribution in [2.45, 2.75) is 44.8 Å². The lowest BCUT2D eigenvalue weighted by Crippen LogP contribution is -2.38. The van der Waals surface area contributed by atoms with E-state index in [0.717, 1.165) is 84.2 Å². The van der Waals surface area contributed by atoms with Crippen molar-refractivity contribution in [3.8, 4) is 11.1 Å². The molecule has 10 nitrogen and oxygen atoms in total. The van der Waals surface area contributed by atoms with Gasteiger partial charge in [0.1, 0.15) is 0 Å². The first-order valence-corrected chi connectivity index (χ1v) is 16.6. The third kappa shape index (κ3) is 6.90. The number of imidazole rings is 1. The Morgan fingerprint density at radius 2 is 1.70 bits per heavy atom. The third-order valence-electron chi connectivity index (χ3n) is 9.11. The summed E-state index contributed by atoms with van der Waals surface area (Å²) in [5.41, 5.74) is 13.2. The number of piperidine rings is 1. The highest BCUT2D eigenvalue weighted by Crippen LogP contribution is 2.26. The molecule has 46 heavy (non-hydrogen) atoms. The van der Waals surface area contributed by atoms with Crippen molar-refractivity contribution in [1.82, 2.24) is 28.7 Å². The minimum atomic E-state index is -0.863. The number of likely N-dealkylation sites (tertiary alicyclic amines) is 1. The van der Waals surface area contributed by atoms with Crippen LogP contribution in [-0.2, 0) is 26.6 Å². The predicted octanol–water partition coefficient (Wildman–Crippen LogP) is 6.00. The van der Waals surface area contributed by atoms with Gasteiger partial charge in [0.15, 0.2) is 0 Å². The standard InChI is InChI=1S/C23H30N6O3.C12H10BrN/c1-25-20-5-2-3-6-21(20)29(22(25)30)18-7-12-26(13-8-18)10-4-11-28-19-9-14-27(23(31)32)16-17(19)15-24-28;13-11-6-4-9(5-7-11)10-2-1-3-12(14)8-10/h2-3,5-6,15,18H,4,7-14,16H2,1H3,(H,31,32);1-8H,14H2. The van der Waals surface area contributed by atoms with Gasteiger partial charge in [-0.3, -0.25) is 13.8 Å². The van der Waals surface area contributed by atoms with Crippen LogP contribution in [0.2, 0.25) is 0 Å². The number of carboxylic acid groups (broad SMARTS) is 1. The first kappa shape index (κ1) is 31.6. The zero-order chi connectivity index (χ0) is 32.2. The van der Waals surface area contributed by atoms with Crippen molar-refractivity contribution < 1.29 is 9.90 Å². The van der Waals surface area contributed by atoms with Crippen molar-refractivity contribution >= 4 is 38.7 Å². The number of anilines is 1. The lowest BCUT2D eigenvalue weighted by atomic mass is 10.0. The van der Waals surface area contributed by atoms with Crippen LogP contribution >= 0.6 is 15.9 Å². The molecule has 0 spiro atoms. The number of aryl methyl sites for hydroxylation is 2. The average molecular weight is 687 g/mol. The number of benzene rings is 3. The Labute approximate surface area is 276 Å². The molecule has 7 rings (SSSR count). The van der Waals surface area contributed by atoms with E-state index in [9.17, 15) is 14.7 Å². The molecule has 2 aliphatic heterocycles. The maximum absolute atomic E-state index is 12.8. The molecule has 0 atom stereocenters. The van der Waals surface area contributed by atoms with Crippen LogP contribution in [0.25, 0.3) is 22.2 Å². The van der Waals surface area contributed by atoms with Crippen molar-refractivity contribution in [2.75, 3.05) is 31.9 Å². The molecule has 0 radical (unpaired) electrons. The zero-order valence-corrected chi connectivity index (χ0v) is 27.6. The highest BCUT2D eigenvalue weighted by molar-refractivity contribution is 9.10. The molecule has 240 valence electrons. The Kier molecular flexibility index (Phi) is 9.60. The summed E-state index contributed by atoms with van der Waals surface area (Å²) in [4.78, 5) is 27.9. The summed E-state index contributed by atoms with van der Waals surface area (Å²) >= 11 is 3.41. The largest absolute Gasteiger partial charge is 0.465 e. The minimum absolute atomic E-state index is 0.0783. The van der Waals surface area contributed by atoms with Gasteiger partial charge in [-0.1, -0.05) is 52.3 Å². The topological polar surface area (TPSA) is 115 Å². The number of rotatable bonds is 6. The van der Waals surface area contributed by atoms with Crippen LogP contribution < -0.4 is 11.4 Å². The van der Waals surface area contributed by atoms with Gasteiger partial charge in [0.25, 0.3) is 0 Å². The van der Waals surface area contributed by atoms with Crippen LogP contribution in [0, 0.1) is 0 Å². The van der Waals surface area contributed by atoms with E-state index in [-0.39, 0.29) is 11.7 Å². The number of nitrogen functional groups attached to an aromatic ring is 1. The first-order chi connectivity index (χ1) is 22.3. The summed E-state index contributed by atoms with van der Waals surface area (Å²) in [5.74, 6) is 0. The maximum atomic E-state index is 12.8. The van der Waals surface area contributed by atoms with Crippen molar-refractivity contribution in [1.29, 1.82) is 0 Å². The van der Waals surface area contributed by atoms with Crippen LogP contribution in [-0.4, -0.2) is 66.1 Å². The Morgan fingerprint density at radius 3 is 2.41 bits per heavy atom. The van der Waals surface area contributed by atoms with Gasteiger partial charge < -0.3 is 20.6 Å². The molecule has 3 N–H and O–H groups in total. The average Bonchev–Trinajstić information content (AvgIpc) is 3.59. The van der Waals surface area contributed by atoms with E-state index in [1.54, 1.807) is 4.57 Å². The summed E-state index contributed by atoms with van der Waals surface area (Å²) < 4.78 is 6.88. The Morgan fingerprint density at radius 1 is 0.957 bits per heavy atom. The number of nitrogens with two attached hydrogens (primary N) is 1. The summed E-state index contributed by atoms with van der Waals surface area (Å²) in [5, 5.41) is 13.7. The molecule has 2 aromatic heterocycles. The molecule has 11 heteroatoms. The number of nitrogens with zero attached hydrogens (tertiary/aromatic N) is 6. The zero-order valence-electron chi connectivity index (χ0n) is 26.1. The van der Waals surface area contributed by atoms with E-state index in [0.29, 0.717) is 13.1 Å². The molecule has 0 bridgehead atoms. The molecule has 4 heterocycles. The molecule has 0 saturated carbocycles. The second-order valence-electron chi connectivity index (χ2n) is 12.1. The lowest BCUT2D eigenvalue weighted by molar-refractivity contribution is 0.139. The number of amides is 1. The molecule has 5 aromatic rings. The number of halogens is 1. The molecular formula is C35H40BrN7O3. The molecule has 2 aliphatic rings. The van der Waals surface area contributed by atoms with Gasteiger partial charge in [0.2, 0.25) is 0 Å². The number of hydrogen-bond donors (Lipinski definition) is 2. The lowest BCUT2D eigenvalue weighted by Gasteiger charge is -2.32. The molecule has 1 amide bonds. The quantitative estimate of drug-likeness (QED) is 0.212. The van der Waals surface area contributed by atoms with Crippen molar-refractivity contribution in [3.05, 3.63) is 105 Å². The van der Waals surface area contributed by atoms with Gasteiger partial charge in [0.05, 0.1) is 23.8 Å². The Hall–Kier alpha value is -4.35. The van der Waals surface area contributed by atoms with Crippen LogP contribution in [0.4, 0.5) is 10.5 Å². The highest BCUT2D eigenvalue weighted by Gasteiger charge is 2.25. The SMILES string of the molecule is Cn1c(=O)n(C2CCN(CCCn3ncc4c3CCN(C(=O)O)C4)CC2)c2ccccc21.Nc1cccc(-c2ccc(Br)cc2)c1. The molecule has 0 unspecified atom stereocenters. The fourth-order valence-corrected chi connectivity index (χ4v) is 6.89. The summed E-state index contributed by atoms with van der Waals surface area (Å²) in [6, 6.07) is 24.4. The summed E-state index contributed by atoms with van der Waals surface area (Å²) in [6.07, 6.45) is 4.66. The smallest absolute Gasteiger partial charge is 0.407 e. The van der Waals surface area contributed by atoms with Gasteiger partial charge in [-0.05, 0) is 73.3 Å². The highest BCUT2D eigenvalue weighted by atomic mass is 79.9. The van der Waals surface area contributed by atoms with Gasteiger partial charge >= 0.3 is 11.8 Å². The van der Waals surface area contributed by atoms with E-state index in [4.69, 9.17) is 5.73 Å². The van der Waals surface area contributed by atoms with E-state index in [1.807, 2.05) is 72.4 Å². The monoisotopic (exact) mass is 685 g/mol. The number of fused-ring (bicyclic) bond motifs is 2. The number of aromatic nitrogens is 4.